The standard InChI is InChI=1S/C12H15NO3/c14-7-12(6-11(12)13-8-15)5-9-1-3-10(16)4-2-9/h1-4,8,11,14,16H,5-7H2,(H,13,15)/t11-,12?/m0/s1. The fourth-order valence-electron chi connectivity index (χ4n) is 2.11. The molecule has 0 spiro atoms. The molecule has 1 aromatic rings. The summed E-state index contributed by atoms with van der Waals surface area (Å²) in [4.78, 5) is 10.3. The number of aliphatic hydroxyl groups excluding tert-OH is 1. The maximum atomic E-state index is 10.3. The molecule has 0 radical (unpaired) electrons. The summed E-state index contributed by atoms with van der Waals surface area (Å²) in [7, 11) is 0. The molecule has 2 rings (SSSR count). The van der Waals surface area contributed by atoms with Crippen molar-refractivity contribution in [2.24, 2.45) is 5.41 Å². The minimum atomic E-state index is -0.210. The van der Waals surface area contributed by atoms with E-state index in [1.165, 1.54) is 0 Å². The van der Waals surface area contributed by atoms with Crippen LogP contribution in [0.2, 0.25) is 0 Å². The van der Waals surface area contributed by atoms with E-state index in [-0.39, 0.29) is 23.8 Å². The Balaban J connectivity index is 2.03. The Bertz CT molecular complexity index is 376. The molecule has 1 saturated carbocycles. The van der Waals surface area contributed by atoms with Gasteiger partial charge in [-0.25, -0.2) is 0 Å². The third-order valence-corrected chi connectivity index (χ3v) is 3.27. The Labute approximate surface area is 93.9 Å². The fourth-order valence-corrected chi connectivity index (χ4v) is 2.11. The summed E-state index contributed by atoms with van der Waals surface area (Å²) in [5, 5.41) is 21.2. The highest BCUT2D eigenvalue weighted by Crippen LogP contribution is 2.48. The highest BCUT2D eigenvalue weighted by Gasteiger charge is 2.53. The fraction of sp³-hybridized carbons (Fsp3) is 0.417. The molecule has 1 unspecified atom stereocenters. The van der Waals surface area contributed by atoms with Crippen LogP contribution in [0, 0.1) is 5.41 Å². The molecule has 1 amide bonds. The molecule has 4 heteroatoms. The average Bonchev–Trinajstić information content (AvgIpc) is 2.96. The monoisotopic (exact) mass is 221 g/mol. The Kier molecular flexibility index (Phi) is 2.83. The lowest BCUT2D eigenvalue weighted by Crippen LogP contribution is -2.25. The molecule has 86 valence electrons. The van der Waals surface area contributed by atoms with E-state index in [1.54, 1.807) is 12.1 Å². The smallest absolute Gasteiger partial charge is 0.207 e. The predicted molar refractivity (Wildman–Crippen MR) is 58.9 cm³/mol. The van der Waals surface area contributed by atoms with Crippen LogP contribution >= 0.6 is 0 Å². The molecule has 1 aromatic carbocycles. The number of hydrogen-bond donors (Lipinski definition) is 3. The summed E-state index contributed by atoms with van der Waals surface area (Å²) < 4.78 is 0. The van der Waals surface area contributed by atoms with Crippen molar-refractivity contribution in [1.29, 1.82) is 0 Å². The Morgan fingerprint density at radius 1 is 1.44 bits per heavy atom. The number of rotatable bonds is 5. The number of nitrogens with one attached hydrogen (secondary N) is 1. The first-order valence-corrected chi connectivity index (χ1v) is 5.29. The van der Waals surface area contributed by atoms with Crippen LogP contribution < -0.4 is 5.32 Å². The molecule has 0 aromatic heterocycles. The van der Waals surface area contributed by atoms with Gasteiger partial charge in [0.1, 0.15) is 5.75 Å². The number of amides is 1. The first-order chi connectivity index (χ1) is 7.70. The second-order valence-electron chi connectivity index (χ2n) is 4.40. The summed E-state index contributed by atoms with van der Waals surface area (Å²) >= 11 is 0. The Morgan fingerprint density at radius 3 is 2.69 bits per heavy atom. The highest BCUT2D eigenvalue weighted by molar-refractivity contribution is 5.48. The second-order valence-corrected chi connectivity index (χ2v) is 4.40. The average molecular weight is 221 g/mol. The summed E-state index contributed by atoms with van der Waals surface area (Å²) in [6, 6.07) is 7.01. The first-order valence-electron chi connectivity index (χ1n) is 5.29. The van der Waals surface area contributed by atoms with Gasteiger partial charge in [-0.05, 0) is 30.5 Å². The number of carbonyl (C=O) groups is 1. The molecule has 2 atom stereocenters. The van der Waals surface area contributed by atoms with Gasteiger partial charge in [-0.15, -0.1) is 0 Å². The predicted octanol–water partition coefficient (Wildman–Crippen LogP) is 0.432. The second kappa shape index (κ2) is 4.14. The largest absolute Gasteiger partial charge is 0.508 e. The lowest BCUT2D eigenvalue weighted by Gasteiger charge is -2.13. The summed E-state index contributed by atoms with van der Waals surface area (Å²) in [5.41, 5.74) is 0.847. The van der Waals surface area contributed by atoms with Crippen molar-refractivity contribution < 1.29 is 15.0 Å². The van der Waals surface area contributed by atoms with Gasteiger partial charge >= 0.3 is 0 Å². The summed E-state index contributed by atoms with van der Waals surface area (Å²) in [6.07, 6.45) is 2.21. The van der Waals surface area contributed by atoms with E-state index in [9.17, 15) is 9.90 Å². The molecular formula is C12H15NO3. The van der Waals surface area contributed by atoms with Crippen LogP contribution in [0.1, 0.15) is 12.0 Å². The van der Waals surface area contributed by atoms with Crippen LogP contribution in [0.4, 0.5) is 0 Å². The van der Waals surface area contributed by atoms with Crippen LogP contribution in [-0.4, -0.2) is 29.3 Å². The van der Waals surface area contributed by atoms with Gasteiger partial charge < -0.3 is 15.5 Å². The van der Waals surface area contributed by atoms with Crippen molar-refractivity contribution in [3.05, 3.63) is 29.8 Å². The minimum Gasteiger partial charge on any atom is -0.508 e. The van der Waals surface area contributed by atoms with Gasteiger partial charge in [0.2, 0.25) is 6.41 Å². The molecule has 3 N–H and O–H groups in total. The van der Waals surface area contributed by atoms with Crippen LogP contribution in [0.15, 0.2) is 24.3 Å². The van der Waals surface area contributed by atoms with Crippen molar-refractivity contribution in [3.63, 3.8) is 0 Å². The molecule has 1 aliphatic rings. The van der Waals surface area contributed by atoms with E-state index in [0.29, 0.717) is 6.41 Å². The van der Waals surface area contributed by atoms with Gasteiger partial charge in [-0.1, -0.05) is 12.1 Å². The van der Waals surface area contributed by atoms with Gasteiger partial charge in [0.25, 0.3) is 0 Å². The van der Waals surface area contributed by atoms with Crippen molar-refractivity contribution in [2.45, 2.75) is 18.9 Å². The molecule has 4 nitrogen and oxygen atoms in total. The first kappa shape index (κ1) is 11.0. The zero-order valence-corrected chi connectivity index (χ0v) is 8.89. The molecule has 0 heterocycles. The number of hydrogen-bond acceptors (Lipinski definition) is 3. The number of aromatic hydroxyl groups is 1. The number of phenols is 1. The normalized spacial score (nSPS) is 27.4. The lowest BCUT2D eigenvalue weighted by molar-refractivity contribution is -0.109. The van der Waals surface area contributed by atoms with Crippen LogP contribution in [0.5, 0.6) is 5.75 Å². The van der Waals surface area contributed by atoms with E-state index < -0.39 is 0 Å². The number of aliphatic hydroxyl groups is 1. The number of benzene rings is 1. The van der Waals surface area contributed by atoms with Crippen LogP contribution in [0.25, 0.3) is 0 Å². The molecule has 1 fully saturated rings. The Hall–Kier alpha value is -1.55. The molecule has 0 bridgehead atoms. The third-order valence-electron chi connectivity index (χ3n) is 3.27. The number of carbonyl (C=O) groups excluding carboxylic acids is 1. The van der Waals surface area contributed by atoms with Crippen molar-refractivity contribution >= 4 is 6.41 Å². The van der Waals surface area contributed by atoms with Crippen LogP contribution in [0.3, 0.4) is 0 Å². The topological polar surface area (TPSA) is 69.6 Å². The van der Waals surface area contributed by atoms with Gasteiger partial charge in [-0.3, -0.25) is 4.79 Å². The SMILES string of the molecule is O=CN[C@H]1CC1(CO)Cc1ccc(O)cc1. The Morgan fingerprint density at radius 2 is 2.12 bits per heavy atom. The van der Waals surface area contributed by atoms with Gasteiger partial charge in [0.15, 0.2) is 0 Å². The van der Waals surface area contributed by atoms with Crippen molar-refractivity contribution in [2.75, 3.05) is 6.61 Å². The van der Waals surface area contributed by atoms with E-state index in [2.05, 4.69) is 5.32 Å². The zero-order valence-electron chi connectivity index (χ0n) is 8.89. The zero-order chi connectivity index (χ0) is 11.6. The van der Waals surface area contributed by atoms with E-state index in [4.69, 9.17) is 5.11 Å². The van der Waals surface area contributed by atoms with Gasteiger partial charge in [0.05, 0.1) is 6.61 Å². The van der Waals surface area contributed by atoms with E-state index in [0.717, 1.165) is 18.4 Å². The van der Waals surface area contributed by atoms with Crippen LogP contribution in [-0.2, 0) is 11.2 Å². The lowest BCUT2D eigenvalue weighted by atomic mass is 9.96. The minimum absolute atomic E-state index is 0.0688. The summed E-state index contributed by atoms with van der Waals surface area (Å²) in [5.74, 6) is 0.236. The van der Waals surface area contributed by atoms with E-state index >= 15 is 0 Å². The van der Waals surface area contributed by atoms with Crippen molar-refractivity contribution in [1.82, 2.24) is 5.32 Å². The summed E-state index contributed by atoms with van der Waals surface area (Å²) in [6.45, 7) is 0.0688. The highest BCUT2D eigenvalue weighted by atomic mass is 16.3. The molecule has 16 heavy (non-hydrogen) atoms. The molecular weight excluding hydrogens is 206 g/mol. The van der Waals surface area contributed by atoms with E-state index in [1.807, 2.05) is 12.1 Å². The quantitative estimate of drug-likeness (QED) is 0.632. The van der Waals surface area contributed by atoms with Crippen molar-refractivity contribution in [3.8, 4) is 5.75 Å². The molecule has 1 aliphatic carbocycles. The van der Waals surface area contributed by atoms with Gasteiger partial charge in [0, 0.05) is 11.5 Å². The maximum absolute atomic E-state index is 10.3. The third kappa shape index (κ3) is 2.02. The molecule has 0 aliphatic heterocycles. The maximum Gasteiger partial charge on any atom is 0.207 e. The van der Waals surface area contributed by atoms with Gasteiger partial charge in [-0.2, -0.15) is 0 Å². The molecule has 0 saturated heterocycles. The number of phenolic OH excluding ortho intramolecular Hbond substituents is 1.